The lowest BCUT2D eigenvalue weighted by Gasteiger charge is -2.08. The summed E-state index contributed by atoms with van der Waals surface area (Å²) in [5.41, 5.74) is 3.19. The molecule has 1 aromatic carbocycles. The summed E-state index contributed by atoms with van der Waals surface area (Å²) in [7, 11) is 1.67. The van der Waals surface area contributed by atoms with Crippen LogP contribution in [0, 0.1) is 13.8 Å². The summed E-state index contributed by atoms with van der Waals surface area (Å²) in [5, 5.41) is 4.06. The molecular weight excluding hydrogens is 228 g/mol. The highest BCUT2D eigenvalue weighted by Crippen LogP contribution is 2.29. The van der Waals surface area contributed by atoms with Crippen molar-refractivity contribution in [1.82, 2.24) is 10.1 Å². The van der Waals surface area contributed by atoms with Gasteiger partial charge in [0.05, 0.1) is 7.11 Å². The van der Waals surface area contributed by atoms with Crippen molar-refractivity contribution in [2.45, 2.75) is 33.6 Å². The first-order valence-corrected chi connectivity index (χ1v) is 6.02. The van der Waals surface area contributed by atoms with Crippen LogP contribution < -0.4 is 4.74 Å². The summed E-state index contributed by atoms with van der Waals surface area (Å²) in [6.45, 7) is 8.11. The van der Waals surface area contributed by atoms with Crippen LogP contribution in [0.3, 0.4) is 0 Å². The first-order chi connectivity index (χ1) is 8.52. The molecule has 18 heavy (non-hydrogen) atoms. The van der Waals surface area contributed by atoms with Crippen molar-refractivity contribution < 1.29 is 9.26 Å². The second-order valence-electron chi connectivity index (χ2n) is 4.75. The van der Waals surface area contributed by atoms with E-state index in [0.717, 1.165) is 22.4 Å². The predicted octanol–water partition coefficient (Wildman–Crippen LogP) is 3.49. The fourth-order valence-electron chi connectivity index (χ4n) is 1.97. The smallest absolute Gasteiger partial charge is 0.229 e. The van der Waals surface area contributed by atoms with Crippen LogP contribution in [0.25, 0.3) is 11.4 Å². The molecule has 0 amide bonds. The number of benzene rings is 1. The van der Waals surface area contributed by atoms with Gasteiger partial charge in [-0.2, -0.15) is 4.98 Å². The van der Waals surface area contributed by atoms with E-state index in [2.05, 4.69) is 10.1 Å². The van der Waals surface area contributed by atoms with Crippen molar-refractivity contribution in [3.05, 3.63) is 29.2 Å². The molecule has 0 saturated heterocycles. The monoisotopic (exact) mass is 246 g/mol. The van der Waals surface area contributed by atoms with Gasteiger partial charge in [0.2, 0.25) is 11.7 Å². The molecule has 0 aliphatic heterocycles. The molecule has 0 aliphatic rings. The Kier molecular flexibility index (Phi) is 3.36. The fraction of sp³-hybridized carbons (Fsp3) is 0.429. The minimum Gasteiger partial charge on any atom is -0.497 e. The molecule has 1 aromatic heterocycles. The molecule has 0 N–H and O–H groups in total. The van der Waals surface area contributed by atoms with Gasteiger partial charge in [-0.15, -0.1) is 0 Å². The Morgan fingerprint density at radius 3 is 2.22 bits per heavy atom. The molecule has 2 rings (SSSR count). The molecule has 0 atom stereocenters. The van der Waals surface area contributed by atoms with Crippen LogP contribution in [0.2, 0.25) is 0 Å². The second kappa shape index (κ2) is 4.80. The molecule has 0 saturated carbocycles. The van der Waals surface area contributed by atoms with E-state index in [1.807, 2.05) is 39.8 Å². The largest absolute Gasteiger partial charge is 0.497 e. The van der Waals surface area contributed by atoms with Crippen molar-refractivity contribution >= 4 is 0 Å². The Balaban J connectivity index is 2.49. The first kappa shape index (κ1) is 12.6. The van der Waals surface area contributed by atoms with Gasteiger partial charge in [0.1, 0.15) is 5.75 Å². The van der Waals surface area contributed by atoms with Gasteiger partial charge >= 0.3 is 0 Å². The van der Waals surface area contributed by atoms with Gasteiger partial charge in [0, 0.05) is 11.5 Å². The summed E-state index contributed by atoms with van der Waals surface area (Å²) < 4.78 is 10.5. The second-order valence-corrected chi connectivity index (χ2v) is 4.75. The fourth-order valence-corrected chi connectivity index (χ4v) is 1.97. The highest BCUT2D eigenvalue weighted by Gasteiger charge is 2.15. The van der Waals surface area contributed by atoms with Crippen LogP contribution in [-0.4, -0.2) is 17.3 Å². The molecule has 0 aliphatic carbocycles. The maximum Gasteiger partial charge on any atom is 0.229 e. The van der Waals surface area contributed by atoms with Crippen molar-refractivity contribution in [3.8, 4) is 17.1 Å². The van der Waals surface area contributed by atoms with E-state index in [1.54, 1.807) is 7.11 Å². The van der Waals surface area contributed by atoms with E-state index in [9.17, 15) is 0 Å². The Morgan fingerprint density at radius 2 is 1.78 bits per heavy atom. The number of hydrogen-bond acceptors (Lipinski definition) is 4. The Morgan fingerprint density at radius 1 is 1.17 bits per heavy atom. The zero-order valence-corrected chi connectivity index (χ0v) is 11.4. The topological polar surface area (TPSA) is 48.2 Å². The number of rotatable bonds is 3. The van der Waals surface area contributed by atoms with Crippen molar-refractivity contribution in [2.75, 3.05) is 7.11 Å². The maximum atomic E-state index is 5.25. The average Bonchev–Trinajstić information content (AvgIpc) is 2.77. The van der Waals surface area contributed by atoms with Crippen LogP contribution >= 0.6 is 0 Å². The number of aryl methyl sites for hydroxylation is 2. The highest BCUT2D eigenvalue weighted by molar-refractivity contribution is 5.65. The number of ether oxygens (including phenoxy) is 1. The number of nitrogens with zero attached hydrogens (tertiary/aromatic N) is 2. The van der Waals surface area contributed by atoms with Crippen LogP contribution in [-0.2, 0) is 0 Å². The third kappa shape index (κ3) is 2.23. The lowest BCUT2D eigenvalue weighted by atomic mass is 10.0. The van der Waals surface area contributed by atoms with Gasteiger partial charge in [-0.1, -0.05) is 19.0 Å². The Hall–Kier alpha value is -1.84. The molecule has 0 spiro atoms. The summed E-state index contributed by atoms with van der Waals surface area (Å²) in [6.07, 6.45) is 0. The van der Waals surface area contributed by atoms with E-state index in [0.29, 0.717) is 11.7 Å². The van der Waals surface area contributed by atoms with E-state index < -0.39 is 0 Å². The van der Waals surface area contributed by atoms with Crippen LogP contribution in [0.1, 0.15) is 36.8 Å². The zero-order valence-electron chi connectivity index (χ0n) is 11.4. The molecule has 0 unspecified atom stereocenters. The summed E-state index contributed by atoms with van der Waals surface area (Å²) >= 11 is 0. The van der Waals surface area contributed by atoms with Gasteiger partial charge in [-0.3, -0.25) is 0 Å². The third-order valence-electron chi connectivity index (χ3n) is 2.90. The third-order valence-corrected chi connectivity index (χ3v) is 2.90. The zero-order chi connectivity index (χ0) is 13.3. The van der Waals surface area contributed by atoms with Gasteiger partial charge in [0.15, 0.2) is 0 Å². The van der Waals surface area contributed by atoms with E-state index >= 15 is 0 Å². The predicted molar refractivity (Wildman–Crippen MR) is 69.8 cm³/mol. The normalized spacial score (nSPS) is 11.0. The Labute approximate surface area is 107 Å². The molecule has 4 heteroatoms. The van der Waals surface area contributed by atoms with Crippen molar-refractivity contribution in [3.63, 3.8) is 0 Å². The maximum absolute atomic E-state index is 5.25. The van der Waals surface area contributed by atoms with Crippen LogP contribution in [0.15, 0.2) is 16.7 Å². The number of aromatic nitrogens is 2. The summed E-state index contributed by atoms with van der Waals surface area (Å²) in [6, 6.07) is 3.96. The van der Waals surface area contributed by atoms with Crippen LogP contribution in [0.4, 0.5) is 0 Å². The quantitative estimate of drug-likeness (QED) is 0.831. The molecule has 4 nitrogen and oxygen atoms in total. The molecule has 0 bridgehead atoms. The Bertz CT molecular complexity index is 536. The standard InChI is InChI=1S/C14H18N2O2/c1-8(2)14-15-13(16-18-14)12-9(3)6-11(17-5)7-10(12)4/h6-8H,1-5H3. The summed E-state index contributed by atoms with van der Waals surface area (Å²) in [5.74, 6) is 2.41. The minimum atomic E-state index is 0.241. The lowest BCUT2D eigenvalue weighted by molar-refractivity contribution is 0.365. The van der Waals surface area contributed by atoms with Gasteiger partial charge in [0.25, 0.3) is 0 Å². The van der Waals surface area contributed by atoms with Crippen molar-refractivity contribution in [1.29, 1.82) is 0 Å². The van der Waals surface area contributed by atoms with Gasteiger partial charge in [-0.25, -0.2) is 0 Å². The van der Waals surface area contributed by atoms with Crippen LogP contribution in [0.5, 0.6) is 5.75 Å². The molecule has 2 aromatic rings. The molecular formula is C14H18N2O2. The molecule has 1 heterocycles. The average molecular weight is 246 g/mol. The van der Waals surface area contributed by atoms with E-state index in [1.165, 1.54) is 0 Å². The lowest BCUT2D eigenvalue weighted by Crippen LogP contribution is -1.93. The molecule has 0 fully saturated rings. The van der Waals surface area contributed by atoms with E-state index in [-0.39, 0.29) is 5.92 Å². The minimum absolute atomic E-state index is 0.241. The van der Waals surface area contributed by atoms with Crippen molar-refractivity contribution in [2.24, 2.45) is 0 Å². The summed E-state index contributed by atoms with van der Waals surface area (Å²) in [4.78, 5) is 4.44. The molecule has 96 valence electrons. The van der Waals surface area contributed by atoms with Gasteiger partial charge in [-0.05, 0) is 37.1 Å². The number of methoxy groups -OCH3 is 1. The van der Waals surface area contributed by atoms with Gasteiger partial charge < -0.3 is 9.26 Å². The van der Waals surface area contributed by atoms with E-state index in [4.69, 9.17) is 9.26 Å². The number of hydrogen-bond donors (Lipinski definition) is 0. The molecule has 0 radical (unpaired) electrons. The highest BCUT2D eigenvalue weighted by atomic mass is 16.5. The SMILES string of the molecule is COc1cc(C)c(-c2noc(C(C)C)n2)c(C)c1. The first-order valence-electron chi connectivity index (χ1n) is 6.02.